The van der Waals surface area contributed by atoms with Crippen molar-refractivity contribution in [2.45, 2.75) is 63.4 Å². The Kier molecular flexibility index (Phi) is 2.83. The molecule has 9 unspecified atom stereocenters. The quantitative estimate of drug-likeness (QED) is 0.645. The molecule has 25 heavy (non-hydrogen) atoms. The van der Waals surface area contributed by atoms with Gasteiger partial charge in [-0.15, -0.1) is 0 Å². The Morgan fingerprint density at radius 2 is 1.84 bits per heavy atom. The largest absolute Gasteiger partial charge is 0.511 e. The molecule has 4 bridgehead atoms. The number of carbonyl (C=O) groups excluding carboxylic acids is 2. The fourth-order valence-corrected chi connectivity index (χ4v) is 6.61. The highest BCUT2D eigenvalue weighted by Gasteiger charge is 2.84. The summed E-state index contributed by atoms with van der Waals surface area (Å²) in [7, 11) is 0. The summed E-state index contributed by atoms with van der Waals surface area (Å²) < 4.78 is 12.3. The van der Waals surface area contributed by atoms with E-state index in [1.54, 1.807) is 0 Å². The number of ether oxygens (including phenoxy) is 2. The first-order chi connectivity index (χ1) is 11.7. The summed E-state index contributed by atoms with van der Waals surface area (Å²) >= 11 is 0. The number of ketones is 1. The van der Waals surface area contributed by atoms with E-state index >= 15 is 0 Å². The van der Waals surface area contributed by atoms with Gasteiger partial charge in [0.15, 0.2) is 11.2 Å². The molecule has 0 aromatic rings. The Morgan fingerprint density at radius 1 is 1.12 bits per heavy atom. The van der Waals surface area contributed by atoms with E-state index < -0.39 is 35.3 Å². The van der Waals surface area contributed by atoms with Crippen molar-refractivity contribution in [2.24, 2.45) is 29.6 Å². The van der Waals surface area contributed by atoms with Gasteiger partial charge in [-0.1, -0.05) is 20.8 Å². The van der Waals surface area contributed by atoms with E-state index in [-0.39, 0.29) is 40.8 Å². The average Bonchev–Trinajstić information content (AvgIpc) is 2.90. The van der Waals surface area contributed by atoms with Crippen molar-refractivity contribution in [2.75, 3.05) is 0 Å². The Hall–Kier alpha value is -1.40. The van der Waals surface area contributed by atoms with Crippen LogP contribution in [0, 0.1) is 29.6 Å². The summed E-state index contributed by atoms with van der Waals surface area (Å²) in [5.41, 5.74) is -2.11. The molecule has 3 aliphatic carbocycles. The molecule has 6 aliphatic rings. The lowest BCUT2D eigenvalue weighted by molar-refractivity contribution is -0.300. The Morgan fingerprint density at radius 3 is 2.56 bits per heavy atom. The van der Waals surface area contributed by atoms with Gasteiger partial charge in [-0.25, -0.2) is 4.79 Å². The highest BCUT2D eigenvalue weighted by atomic mass is 16.6. The van der Waals surface area contributed by atoms with Crippen molar-refractivity contribution in [3.05, 3.63) is 11.3 Å². The van der Waals surface area contributed by atoms with Gasteiger partial charge in [-0.2, -0.15) is 0 Å². The number of aliphatic hydroxyl groups is 2. The Bertz CT molecular complexity index is 727. The van der Waals surface area contributed by atoms with Gasteiger partial charge in [0.2, 0.25) is 0 Å². The number of fused-ring (bicyclic) bond motifs is 1. The minimum Gasteiger partial charge on any atom is -0.511 e. The molecule has 5 fully saturated rings. The Labute approximate surface area is 146 Å². The first-order valence-corrected chi connectivity index (χ1v) is 9.31. The molecule has 0 aromatic heterocycles. The van der Waals surface area contributed by atoms with Crippen molar-refractivity contribution in [3.8, 4) is 0 Å². The third kappa shape index (κ3) is 1.48. The highest BCUT2D eigenvalue weighted by Crippen LogP contribution is 2.70. The van der Waals surface area contributed by atoms with Crippen LogP contribution in [-0.2, 0) is 19.1 Å². The molecule has 3 heterocycles. The number of rotatable bonds is 0. The minimum atomic E-state index is -1.23. The molecule has 0 aromatic carbocycles. The molecule has 0 radical (unpaired) electrons. The third-order valence-corrected chi connectivity index (χ3v) is 7.57. The molecule has 9 atom stereocenters. The summed E-state index contributed by atoms with van der Waals surface area (Å²) in [5.74, 6) is -1.89. The monoisotopic (exact) mass is 348 g/mol. The van der Waals surface area contributed by atoms with Crippen LogP contribution in [0.25, 0.3) is 0 Å². The van der Waals surface area contributed by atoms with E-state index in [0.717, 1.165) is 0 Å². The third-order valence-electron chi connectivity index (χ3n) is 7.57. The normalized spacial score (nSPS) is 59.4. The average molecular weight is 348 g/mol. The number of aliphatic hydroxyl groups excluding tert-OH is 2. The standard InChI is InChI=1S/C19H24O6/c1-7-4-8(2)14(21)12-17(23)25-18-6-9(3)16-15(22)10(18)5-11(13(7)20)19(12,18)24-16/h7-11,15-16,21-22H,4-6H2,1-3H3/b14-12+. The molecule has 0 amide bonds. The molecule has 3 aliphatic heterocycles. The second-order valence-electron chi connectivity index (χ2n) is 8.86. The number of carbonyl (C=O) groups is 2. The molecule has 2 spiro atoms. The summed E-state index contributed by atoms with van der Waals surface area (Å²) in [6.07, 6.45) is 0.318. The number of hydrogen-bond acceptors (Lipinski definition) is 6. The molecule has 3 saturated heterocycles. The van der Waals surface area contributed by atoms with Crippen molar-refractivity contribution in [1.82, 2.24) is 0 Å². The number of allylic oxidation sites excluding steroid dienone is 1. The first-order valence-electron chi connectivity index (χ1n) is 9.31. The van der Waals surface area contributed by atoms with Crippen LogP contribution < -0.4 is 0 Å². The Balaban J connectivity index is 1.82. The van der Waals surface area contributed by atoms with E-state index in [1.807, 2.05) is 20.8 Å². The van der Waals surface area contributed by atoms with Gasteiger partial charge in [-0.3, -0.25) is 4.79 Å². The fraction of sp³-hybridized carbons (Fsp3) is 0.789. The predicted molar refractivity (Wildman–Crippen MR) is 85.4 cm³/mol. The molecule has 2 N–H and O–H groups in total. The van der Waals surface area contributed by atoms with E-state index in [9.17, 15) is 19.8 Å². The summed E-state index contributed by atoms with van der Waals surface area (Å²) in [4.78, 5) is 26.1. The SMILES string of the molecule is CC1CC(C)/C(O)=C2/C(=O)OC34CC(C)C5OC23C(CC4C5O)C1=O. The summed E-state index contributed by atoms with van der Waals surface area (Å²) in [6, 6.07) is 0. The van der Waals surface area contributed by atoms with Crippen LogP contribution in [-0.4, -0.2) is 45.4 Å². The maximum absolute atomic E-state index is 13.2. The van der Waals surface area contributed by atoms with Gasteiger partial charge in [0.05, 0.1) is 18.1 Å². The molecule has 136 valence electrons. The molecule has 6 heteroatoms. The molecular formula is C19H24O6. The van der Waals surface area contributed by atoms with Gasteiger partial charge in [0.25, 0.3) is 0 Å². The maximum Gasteiger partial charge on any atom is 0.341 e. The first kappa shape index (κ1) is 15.8. The highest BCUT2D eigenvalue weighted by molar-refractivity contribution is 5.99. The minimum absolute atomic E-state index is 0.00145. The van der Waals surface area contributed by atoms with Gasteiger partial charge < -0.3 is 19.7 Å². The van der Waals surface area contributed by atoms with Crippen LogP contribution in [0.3, 0.4) is 0 Å². The molecule has 6 nitrogen and oxygen atoms in total. The van der Waals surface area contributed by atoms with Gasteiger partial charge >= 0.3 is 5.97 Å². The lowest BCUT2D eigenvalue weighted by Crippen LogP contribution is -2.72. The van der Waals surface area contributed by atoms with Crippen LogP contribution in [0.15, 0.2) is 11.3 Å². The van der Waals surface area contributed by atoms with Crippen LogP contribution in [0.2, 0.25) is 0 Å². The van der Waals surface area contributed by atoms with E-state index in [0.29, 0.717) is 19.3 Å². The smallest absolute Gasteiger partial charge is 0.341 e. The second-order valence-corrected chi connectivity index (χ2v) is 8.86. The molecule has 2 saturated carbocycles. The maximum atomic E-state index is 13.2. The molecular weight excluding hydrogens is 324 g/mol. The van der Waals surface area contributed by atoms with E-state index in [4.69, 9.17) is 9.47 Å². The van der Waals surface area contributed by atoms with Crippen LogP contribution in [0.5, 0.6) is 0 Å². The van der Waals surface area contributed by atoms with Crippen molar-refractivity contribution in [1.29, 1.82) is 0 Å². The zero-order chi connectivity index (χ0) is 17.9. The van der Waals surface area contributed by atoms with E-state index in [2.05, 4.69) is 0 Å². The van der Waals surface area contributed by atoms with Gasteiger partial charge in [0.1, 0.15) is 17.1 Å². The predicted octanol–water partition coefficient (Wildman–Crippen LogP) is 1.51. The number of Topliss-reactive ketones (excluding diaryl/α,β-unsaturated/α-hetero) is 1. The van der Waals surface area contributed by atoms with Crippen molar-refractivity contribution in [3.63, 3.8) is 0 Å². The van der Waals surface area contributed by atoms with E-state index in [1.165, 1.54) is 0 Å². The topological polar surface area (TPSA) is 93.1 Å². The summed E-state index contributed by atoms with van der Waals surface area (Å²) in [6.45, 7) is 5.68. The van der Waals surface area contributed by atoms with Crippen LogP contribution in [0.1, 0.15) is 40.0 Å². The van der Waals surface area contributed by atoms with Gasteiger partial charge in [-0.05, 0) is 25.2 Å². The lowest BCUT2D eigenvalue weighted by atomic mass is 9.59. The second kappa shape index (κ2) is 4.46. The van der Waals surface area contributed by atoms with Crippen LogP contribution in [0.4, 0.5) is 0 Å². The van der Waals surface area contributed by atoms with Crippen molar-refractivity contribution >= 4 is 11.8 Å². The lowest BCUT2D eigenvalue weighted by Gasteiger charge is -2.58. The zero-order valence-corrected chi connectivity index (χ0v) is 14.7. The zero-order valence-electron chi connectivity index (χ0n) is 14.7. The summed E-state index contributed by atoms with van der Waals surface area (Å²) in [5, 5.41) is 21.7. The van der Waals surface area contributed by atoms with Crippen molar-refractivity contribution < 1.29 is 29.3 Å². The fourth-order valence-electron chi connectivity index (χ4n) is 6.61. The molecule has 6 rings (SSSR count). The van der Waals surface area contributed by atoms with Gasteiger partial charge in [0, 0.05) is 17.8 Å². The number of esters is 1. The van der Waals surface area contributed by atoms with Crippen LogP contribution >= 0.6 is 0 Å². The number of hydrogen-bond donors (Lipinski definition) is 2.